The molecular weight excluding hydrogens is 226 g/mol. The van der Waals surface area contributed by atoms with Crippen molar-refractivity contribution in [3.8, 4) is 12.3 Å². The van der Waals surface area contributed by atoms with Crippen molar-refractivity contribution in [2.75, 3.05) is 18.1 Å². The Morgan fingerprint density at radius 1 is 1.50 bits per heavy atom. The molecular formula is C11H17NO3S. The van der Waals surface area contributed by atoms with Gasteiger partial charge < -0.3 is 10.4 Å². The number of aliphatic carboxylic acids is 1. The normalized spacial score (nSPS) is 10.6. The molecule has 0 saturated carbocycles. The number of carboxylic acid groups (broad SMARTS) is 1. The standard InChI is InChI=1S/C11H17NO3S/c1-4-6-16-7-5-12-9(13)8-11(2,3)10(14)15/h1H,5-8H2,2-3H3,(H,12,13)(H,14,15). The van der Waals surface area contributed by atoms with Crippen LogP contribution in [0.2, 0.25) is 0 Å². The number of amides is 1. The Morgan fingerprint density at radius 3 is 2.62 bits per heavy atom. The minimum atomic E-state index is -1.02. The largest absolute Gasteiger partial charge is 0.481 e. The molecule has 0 aliphatic rings. The molecule has 0 rings (SSSR count). The van der Waals surface area contributed by atoms with E-state index in [1.165, 1.54) is 13.8 Å². The summed E-state index contributed by atoms with van der Waals surface area (Å²) in [4.78, 5) is 22.1. The van der Waals surface area contributed by atoms with E-state index in [0.717, 1.165) is 5.75 Å². The molecule has 0 unspecified atom stereocenters. The van der Waals surface area contributed by atoms with Crippen molar-refractivity contribution < 1.29 is 14.7 Å². The topological polar surface area (TPSA) is 66.4 Å². The van der Waals surface area contributed by atoms with Crippen LogP contribution in [0.3, 0.4) is 0 Å². The maximum Gasteiger partial charge on any atom is 0.309 e. The first-order valence-electron chi connectivity index (χ1n) is 4.91. The molecule has 0 aromatic carbocycles. The number of carboxylic acids is 1. The second-order valence-corrected chi connectivity index (χ2v) is 5.08. The quantitative estimate of drug-likeness (QED) is 0.516. The van der Waals surface area contributed by atoms with E-state index in [1.807, 2.05) is 0 Å². The zero-order chi connectivity index (χ0) is 12.6. The molecule has 0 aliphatic carbocycles. The van der Waals surface area contributed by atoms with Crippen LogP contribution in [0, 0.1) is 17.8 Å². The lowest BCUT2D eigenvalue weighted by Gasteiger charge is -2.18. The summed E-state index contributed by atoms with van der Waals surface area (Å²) in [6.45, 7) is 3.57. The van der Waals surface area contributed by atoms with Crippen LogP contribution in [0.5, 0.6) is 0 Å². The molecule has 0 aromatic rings. The maximum atomic E-state index is 11.4. The summed E-state index contributed by atoms with van der Waals surface area (Å²) in [5.74, 6) is 2.63. The van der Waals surface area contributed by atoms with Gasteiger partial charge in [-0.05, 0) is 13.8 Å². The zero-order valence-electron chi connectivity index (χ0n) is 9.58. The Labute approximate surface area is 100 Å². The van der Waals surface area contributed by atoms with Crippen LogP contribution in [-0.2, 0) is 9.59 Å². The smallest absolute Gasteiger partial charge is 0.309 e. The van der Waals surface area contributed by atoms with E-state index in [1.54, 1.807) is 11.8 Å². The van der Waals surface area contributed by atoms with Crippen LogP contribution < -0.4 is 5.32 Å². The number of hydrogen-bond acceptors (Lipinski definition) is 3. The van der Waals surface area contributed by atoms with Gasteiger partial charge in [-0.25, -0.2) is 0 Å². The van der Waals surface area contributed by atoms with Crippen molar-refractivity contribution in [3.05, 3.63) is 0 Å². The van der Waals surface area contributed by atoms with Crippen molar-refractivity contribution in [3.63, 3.8) is 0 Å². The molecule has 0 heterocycles. The van der Waals surface area contributed by atoms with Crippen LogP contribution in [0.4, 0.5) is 0 Å². The fraction of sp³-hybridized carbons (Fsp3) is 0.636. The molecule has 2 N–H and O–H groups in total. The Bertz CT molecular complexity index is 294. The molecule has 1 amide bonds. The zero-order valence-corrected chi connectivity index (χ0v) is 10.4. The van der Waals surface area contributed by atoms with E-state index >= 15 is 0 Å². The first-order chi connectivity index (χ1) is 7.40. The molecule has 4 nitrogen and oxygen atoms in total. The predicted octanol–water partition coefficient (Wildman–Crippen LogP) is 0.970. The SMILES string of the molecule is C#CCSCCNC(=O)CC(C)(C)C(=O)O. The number of carbonyl (C=O) groups excluding carboxylic acids is 1. The molecule has 0 atom stereocenters. The van der Waals surface area contributed by atoms with E-state index in [9.17, 15) is 9.59 Å². The van der Waals surface area contributed by atoms with Crippen LogP contribution in [-0.4, -0.2) is 35.0 Å². The Balaban J connectivity index is 3.76. The van der Waals surface area contributed by atoms with Gasteiger partial charge in [-0.3, -0.25) is 9.59 Å². The molecule has 90 valence electrons. The average Bonchev–Trinajstić information content (AvgIpc) is 2.16. The van der Waals surface area contributed by atoms with E-state index < -0.39 is 11.4 Å². The van der Waals surface area contributed by atoms with E-state index in [-0.39, 0.29) is 12.3 Å². The van der Waals surface area contributed by atoms with Gasteiger partial charge in [-0.15, -0.1) is 18.2 Å². The minimum Gasteiger partial charge on any atom is -0.481 e. The van der Waals surface area contributed by atoms with Gasteiger partial charge in [0.05, 0.1) is 11.2 Å². The number of nitrogens with one attached hydrogen (secondary N) is 1. The lowest BCUT2D eigenvalue weighted by molar-refractivity contribution is -0.149. The third-order valence-corrected chi connectivity index (χ3v) is 2.80. The van der Waals surface area contributed by atoms with Crippen LogP contribution in [0.25, 0.3) is 0 Å². The highest BCUT2D eigenvalue weighted by atomic mass is 32.2. The van der Waals surface area contributed by atoms with Crippen molar-refractivity contribution in [1.82, 2.24) is 5.32 Å². The van der Waals surface area contributed by atoms with E-state index in [0.29, 0.717) is 12.3 Å². The summed E-state index contributed by atoms with van der Waals surface area (Å²) >= 11 is 1.55. The van der Waals surface area contributed by atoms with Crippen molar-refractivity contribution >= 4 is 23.6 Å². The predicted molar refractivity (Wildman–Crippen MR) is 65.2 cm³/mol. The van der Waals surface area contributed by atoms with Gasteiger partial charge in [0.2, 0.25) is 5.91 Å². The second kappa shape index (κ2) is 7.18. The summed E-state index contributed by atoms with van der Waals surface area (Å²) in [5, 5.41) is 11.5. The van der Waals surface area contributed by atoms with Gasteiger partial charge in [0.25, 0.3) is 0 Å². The first-order valence-corrected chi connectivity index (χ1v) is 6.07. The van der Waals surface area contributed by atoms with Gasteiger partial charge >= 0.3 is 5.97 Å². The lowest BCUT2D eigenvalue weighted by atomic mass is 9.89. The van der Waals surface area contributed by atoms with E-state index in [4.69, 9.17) is 11.5 Å². The molecule has 16 heavy (non-hydrogen) atoms. The fourth-order valence-electron chi connectivity index (χ4n) is 0.933. The highest BCUT2D eigenvalue weighted by Gasteiger charge is 2.29. The Kier molecular flexibility index (Phi) is 6.66. The third kappa shape index (κ3) is 6.36. The molecule has 0 aliphatic heterocycles. The number of carbonyl (C=O) groups is 2. The Morgan fingerprint density at radius 2 is 2.12 bits per heavy atom. The van der Waals surface area contributed by atoms with Gasteiger partial charge in [-0.2, -0.15) is 0 Å². The van der Waals surface area contributed by atoms with Gasteiger partial charge in [-0.1, -0.05) is 5.92 Å². The number of thioether (sulfide) groups is 1. The third-order valence-electron chi connectivity index (χ3n) is 1.94. The highest BCUT2D eigenvalue weighted by molar-refractivity contribution is 7.99. The summed E-state index contributed by atoms with van der Waals surface area (Å²) in [6.07, 6.45) is 5.05. The summed E-state index contributed by atoms with van der Waals surface area (Å²) < 4.78 is 0. The lowest BCUT2D eigenvalue weighted by Crippen LogP contribution is -2.34. The minimum absolute atomic E-state index is 0.0118. The molecule has 0 aromatic heterocycles. The Hall–Kier alpha value is -1.15. The van der Waals surface area contributed by atoms with Crippen molar-refractivity contribution in [1.29, 1.82) is 0 Å². The van der Waals surface area contributed by atoms with E-state index in [2.05, 4.69) is 11.2 Å². The summed E-state index contributed by atoms with van der Waals surface area (Å²) in [6, 6.07) is 0. The molecule has 0 saturated heterocycles. The van der Waals surface area contributed by atoms with Gasteiger partial charge in [0.15, 0.2) is 0 Å². The number of terminal acetylenes is 1. The van der Waals surface area contributed by atoms with Crippen LogP contribution >= 0.6 is 11.8 Å². The van der Waals surface area contributed by atoms with Crippen molar-refractivity contribution in [2.24, 2.45) is 5.41 Å². The van der Waals surface area contributed by atoms with Gasteiger partial charge in [0, 0.05) is 18.7 Å². The van der Waals surface area contributed by atoms with Crippen molar-refractivity contribution in [2.45, 2.75) is 20.3 Å². The summed E-state index contributed by atoms with van der Waals surface area (Å²) in [7, 11) is 0. The van der Waals surface area contributed by atoms with Crippen LogP contribution in [0.1, 0.15) is 20.3 Å². The second-order valence-electron chi connectivity index (χ2n) is 3.97. The first kappa shape index (κ1) is 14.8. The number of hydrogen-bond donors (Lipinski definition) is 2. The molecule has 0 bridgehead atoms. The maximum absolute atomic E-state index is 11.4. The number of rotatable bonds is 7. The monoisotopic (exact) mass is 243 g/mol. The molecule has 0 fully saturated rings. The molecule has 0 spiro atoms. The van der Waals surface area contributed by atoms with Crippen LogP contribution in [0.15, 0.2) is 0 Å². The average molecular weight is 243 g/mol. The van der Waals surface area contributed by atoms with Gasteiger partial charge in [0.1, 0.15) is 0 Å². The highest BCUT2D eigenvalue weighted by Crippen LogP contribution is 2.19. The summed E-state index contributed by atoms with van der Waals surface area (Å²) in [5.41, 5.74) is -1.02. The fourth-order valence-corrected chi connectivity index (χ4v) is 1.44. The molecule has 0 radical (unpaired) electrons. The molecule has 5 heteroatoms.